The zero-order valence-electron chi connectivity index (χ0n) is 13.7. The summed E-state index contributed by atoms with van der Waals surface area (Å²) < 4.78 is 11.1. The fraction of sp³-hybridized carbons (Fsp3) is 0.647. The molecule has 1 aromatic rings. The van der Waals surface area contributed by atoms with E-state index in [1.165, 1.54) is 22.3 Å². The molecule has 0 aliphatic heterocycles. The van der Waals surface area contributed by atoms with Crippen LogP contribution in [0.4, 0.5) is 0 Å². The topological polar surface area (TPSA) is 30.5 Å². The molecule has 0 fully saturated rings. The molecule has 114 valence electrons. The molecule has 0 bridgehead atoms. The van der Waals surface area contributed by atoms with Gasteiger partial charge >= 0.3 is 0 Å². The highest BCUT2D eigenvalue weighted by Crippen LogP contribution is 2.23. The highest BCUT2D eigenvalue weighted by Gasteiger charge is 2.14. The zero-order chi connectivity index (χ0) is 15.1. The Balaban J connectivity index is 2.68. The van der Waals surface area contributed by atoms with E-state index < -0.39 is 0 Å². The van der Waals surface area contributed by atoms with Crippen LogP contribution in [0.5, 0.6) is 0 Å². The molecule has 1 rings (SSSR count). The van der Waals surface area contributed by atoms with E-state index in [1.807, 2.05) is 13.8 Å². The number of hydrogen-bond donors (Lipinski definition) is 1. The van der Waals surface area contributed by atoms with Crippen LogP contribution in [0.25, 0.3) is 0 Å². The number of nitrogens with one attached hydrogen (secondary N) is 1. The maximum absolute atomic E-state index is 5.56. The van der Waals surface area contributed by atoms with E-state index in [1.54, 1.807) is 0 Å². The molecule has 0 heterocycles. The van der Waals surface area contributed by atoms with Gasteiger partial charge in [0.2, 0.25) is 0 Å². The highest BCUT2D eigenvalue weighted by molar-refractivity contribution is 5.39. The predicted octanol–water partition coefficient (Wildman–Crippen LogP) is 3.66. The first-order valence-corrected chi connectivity index (χ1v) is 7.53. The number of aryl methyl sites for hydroxylation is 3. The summed E-state index contributed by atoms with van der Waals surface area (Å²) in [4.78, 5) is 0. The molecule has 1 unspecified atom stereocenters. The van der Waals surface area contributed by atoms with Crippen molar-refractivity contribution in [2.75, 3.05) is 19.8 Å². The van der Waals surface area contributed by atoms with Gasteiger partial charge in [0.25, 0.3) is 0 Å². The summed E-state index contributed by atoms with van der Waals surface area (Å²) in [6.45, 7) is 14.7. The lowest BCUT2D eigenvalue weighted by Gasteiger charge is -2.23. The summed E-state index contributed by atoms with van der Waals surface area (Å²) in [6, 6.07) is 4.77. The molecule has 0 radical (unpaired) electrons. The average Bonchev–Trinajstić information content (AvgIpc) is 2.35. The first-order chi connectivity index (χ1) is 9.49. The molecule has 0 spiro atoms. The number of ether oxygens (including phenoxy) is 2. The Morgan fingerprint density at radius 3 is 1.95 bits per heavy atom. The molecule has 3 nitrogen and oxygen atoms in total. The van der Waals surface area contributed by atoms with Crippen LogP contribution < -0.4 is 5.32 Å². The van der Waals surface area contributed by atoms with Crippen molar-refractivity contribution in [2.45, 2.75) is 53.9 Å². The Morgan fingerprint density at radius 1 is 1.00 bits per heavy atom. The molecule has 1 N–H and O–H groups in total. The summed E-state index contributed by atoms with van der Waals surface area (Å²) in [5.41, 5.74) is 5.37. The van der Waals surface area contributed by atoms with Crippen molar-refractivity contribution >= 4 is 0 Å². The van der Waals surface area contributed by atoms with E-state index >= 15 is 0 Å². The van der Waals surface area contributed by atoms with Gasteiger partial charge in [0, 0.05) is 25.8 Å². The van der Waals surface area contributed by atoms with Gasteiger partial charge in [-0.05, 0) is 58.2 Å². The fourth-order valence-corrected chi connectivity index (χ4v) is 2.79. The summed E-state index contributed by atoms with van der Waals surface area (Å²) in [5, 5.41) is 3.52. The van der Waals surface area contributed by atoms with E-state index in [9.17, 15) is 0 Å². The van der Waals surface area contributed by atoms with Gasteiger partial charge in [-0.25, -0.2) is 0 Å². The second-order valence-electron chi connectivity index (χ2n) is 5.28. The van der Waals surface area contributed by atoms with Crippen molar-refractivity contribution in [2.24, 2.45) is 0 Å². The number of hydrogen-bond acceptors (Lipinski definition) is 3. The predicted molar refractivity (Wildman–Crippen MR) is 84.1 cm³/mol. The zero-order valence-corrected chi connectivity index (χ0v) is 13.7. The molecule has 0 aliphatic rings. The number of rotatable bonds is 8. The van der Waals surface area contributed by atoms with Crippen LogP contribution in [0, 0.1) is 20.8 Å². The van der Waals surface area contributed by atoms with Crippen molar-refractivity contribution in [1.29, 1.82) is 0 Å². The average molecular weight is 279 g/mol. The van der Waals surface area contributed by atoms with Gasteiger partial charge < -0.3 is 14.8 Å². The fourth-order valence-electron chi connectivity index (χ4n) is 2.79. The quantitative estimate of drug-likeness (QED) is 0.737. The number of benzene rings is 1. The summed E-state index contributed by atoms with van der Waals surface area (Å²) >= 11 is 0. The molecular weight excluding hydrogens is 250 g/mol. The minimum absolute atomic E-state index is 0.168. The standard InChI is InChI=1S/C17H29NO2/c1-7-19-16(20-8-2)11-18-15(6)17-13(4)9-12(3)10-14(17)5/h9-10,15-16,18H,7-8,11H2,1-6H3. The first-order valence-electron chi connectivity index (χ1n) is 7.53. The molecule has 0 saturated heterocycles. The third kappa shape index (κ3) is 4.89. The molecule has 0 saturated carbocycles. The van der Waals surface area contributed by atoms with Crippen molar-refractivity contribution in [3.63, 3.8) is 0 Å². The first kappa shape index (κ1) is 17.2. The van der Waals surface area contributed by atoms with Gasteiger partial charge in [-0.1, -0.05) is 17.7 Å². The van der Waals surface area contributed by atoms with Crippen LogP contribution in [0.2, 0.25) is 0 Å². The largest absolute Gasteiger partial charge is 0.352 e. The minimum atomic E-state index is -0.168. The van der Waals surface area contributed by atoms with Gasteiger partial charge in [-0.2, -0.15) is 0 Å². The van der Waals surface area contributed by atoms with Gasteiger partial charge in [-0.3, -0.25) is 0 Å². The summed E-state index contributed by atoms with van der Waals surface area (Å²) in [6.07, 6.45) is -0.168. The SMILES string of the molecule is CCOC(CNC(C)c1c(C)cc(C)cc1C)OCC. The summed E-state index contributed by atoms with van der Waals surface area (Å²) in [7, 11) is 0. The lowest BCUT2D eigenvalue weighted by atomic mass is 9.95. The van der Waals surface area contributed by atoms with Crippen molar-refractivity contribution < 1.29 is 9.47 Å². The van der Waals surface area contributed by atoms with Gasteiger partial charge in [0.05, 0.1) is 0 Å². The van der Waals surface area contributed by atoms with Crippen LogP contribution in [-0.2, 0) is 9.47 Å². The highest BCUT2D eigenvalue weighted by atomic mass is 16.7. The molecule has 0 aromatic heterocycles. The Labute approximate surface area is 123 Å². The molecule has 0 aliphatic carbocycles. The van der Waals surface area contributed by atoms with Crippen LogP contribution in [0.3, 0.4) is 0 Å². The summed E-state index contributed by atoms with van der Waals surface area (Å²) in [5.74, 6) is 0. The maximum Gasteiger partial charge on any atom is 0.169 e. The Kier molecular flexibility index (Phi) is 7.20. The van der Waals surface area contributed by atoms with Crippen molar-refractivity contribution in [3.05, 3.63) is 34.4 Å². The van der Waals surface area contributed by atoms with Gasteiger partial charge in [-0.15, -0.1) is 0 Å². The Morgan fingerprint density at radius 2 is 1.50 bits per heavy atom. The van der Waals surface area contributed by atoms with E-state index in [0.29, 0.717) is 25.8 Å². The van der Waals surface area contributed by atoms with Crippen molar-refractivity contribution in [1.82, 2.24) is 5.32 Å². The third-order valence-electron chi connectivity index (χ3n) is 3.47. The monoisotopic (exact) mass is 279 g/mol. The lowest BCUT2D eigenvalue weighted by Crippen LogP contribution is -2.33. The van der Waals surface area contributed by atoms with Crippen LogP contribution in [-0.4, -0.2) is 26.0 Å². The third-order valence-corrected chi connectivity index (χ3v) is 3.47. The van der Waals surface area contributed by atoms with Crippen LogP contribution in [0.1, 0.15) is 49.1 Å². The van der Waals surface area contributed by atoms with E-state index in [4.69, 9.17) is 9.47 Å². The normalized spacial score (nSPS) is 12.9. The Hall–Kier alpha value is -0.900. The van der Waals surface area contributed by atoms with E-state index in [-0.39, 0.29) is 6.29 Å². The molecular formula is C17H29NO2. The van der Waals surface area contributed by atoms with Crippen molar-refractivity contribution in [3.8, 4) is 0 Å². The molecule has 1 aromatic carbocycles. The minimum Gasteiger partial charge on any atom is -0.352 e. The van der Waals surface area contributed by atoms with E-state index in [2.05, 4.69) is 45.1 Å². The molecule has 20 heavy (non-hydrogen) atoms. The molecule has 1 atom stereocenters. The van der Waals surface area contributed by atoms with Gasteiger partial charge in [0.15, 0.2) is 6.29 Å². The van der Waals surface area contributed by atoms with E-state index in [0.717, 1.165) is 0 Å². The van der Waals surface area contributed by atoms with Crippen LogP contribution >= 0.6 is 0 Å². The second kappa shape index (κ2) is 8.40. The smallest absolute Gasteiger partial charge is 0.169 e. The Bertz CT molecular complexity index is 388. The lowest BCUT2D eigenvalue weighted by molar-refractivity contribution is -0.133. The maximum atomic E-state index is 5.56. The van der Waals surface area contributed by atoms with Gasteiger partial charge in [0.1, 0.15) is 0 Å². The second-order valence-corrected chi connectivity index (χ2v) is 5.28. The van der Waals surface area contributed by atoms with Crippen LogP contribution in [0.15, 0.2) is 12.1 Å². The molecule has 0 amide bonds. The molecule has 3 heteroatoms.